The van der Waals surface area contributed by atoms with E-state index in [2.05, 4.69) is 10.2 Å². The number of rotatable bonds is 4. The normalized spacial score (nSPS) is 18.0. The standard InChI is InChI=1S/C23H21ClN4O3/c24-17-9-7-15(8-10-17)19-13-20(21-6-3-11-31-21)28(26-19)23(30)14-27-22(29)12-16-4-1-2-5-18(16)25-27/h3,6-12,20H,1-2,4-5,13-14H2. The maximum absolute atomic E-state index is 13.2. The summed E-state index contributed by atoms with van der Waals surface area (Å²) >= 11 is 6.00. The second-order valence-corrected chi connectivity index (χ2v) is 8.28. The van der Waals surface area contributed by atoms with Crippen LogP contribution in [-0.2, 0) is 24.2 Å². The molecule has 158 valence electrons. The molecule has 1 aromatic carbocycles. The minimum absolute atomic E-state index is 0.166. The van der Waals surface area contributed by atoms with E-state index >= 15 is 0 Å². The summed E-state index contributed by atoms with van der Waals surface area (Å²) in [5, 5.41) is 11.1. The molecule has 2 aliphatic rings. The summed E-state index contributed by atoms with van der Waals surface area (Å²) in [6.45, 7) is -0.166. The second-order valence-electron chi connectivity index (χ2n) is 7.85. The number of hydrogen-bond acceptors (Lipinski definition) is 5. The number of amides is 1. The highest BCUT2D eigenvalue weighted by molar-refractivity contribution is 6.30. The molecule has 0 radical (unpaired) electrons. The van der Waals surface area contributed by atoms with Crippen molar-refractivity contribution in [2.75, 3.05) is 0 Å². The van der Waals surface area contributed by atoms with Crippen molar-refractivity contribution in [2.24, 2.45) is 5.10 Å². The minimum Gasteiger partial charge on any atom is -0.467 e. The fourth-order valence-electron chi connectivity index (χ4n) is 4.17. The van der Waals surface area contributed by atoms with Gasteiger partial charge in [-0.1, -0.05) is 23.7 Å². The first-order valence-corrected chi connectivity index (χ1v) is 10.7. The Morgan fingerprint density at radius 3 is 2.74 bits per heavy atom. The largest absolute Gasteiger partial charge is 0.467 e. The molecule has 8 heteroatoms. The predicted octanol–water partition coefficient (Wildman–Crippen LogP) is 3.75. The number of furan rings is 1. The van der Waals surface area contributed by atoms with Crippen LogP contribution in [0.4, 0.5) is 0 Å². The lowest BCUT2D eigenvalue weighted by Crippen LogP contribution is -2.35. The van der Waals surface area contributed by atoms with Crippen molar-refractivity contribution >= 4 is 23.2 Å². The van der Waals surface area contributed by atoms with Gasteiger partial charge in [0.15, 0.2) is 0 Å². The number of nitrogens with zero attached hydrogens (tertiary/aromatic N) is 4. The Morgan fingerprint density at radius 1 is 1.16 bits per heavy atom. The fraction of sp³-hybridized carbons (Fsp3) is 0.304. The van der Waals surface area contributed by atoms with Crippen molar-refractivity contribution in [1.29, 1.82) is 0 Å². The topological polar surface area (TPSA) is 80.7 Å². The highest BCUT2D eigenvalue weighted by Crippen LogP contribution is 2.33. The smallest absolute Gasteiger partial charge is 0.267 e. The summed E-state index contributed by atoms with van der Waals surface area (Å²) in [6.07, 6.45) is 5.90. The molecule has 3 aromatic rings. The Balaban J connectivity index is 1.45. The molecule has 0 N–H and O–H groups in total. The number of aromatic nitrogens is 2. The summed E-state index contributed by atoms with van der Waals surface area (Å²) in [7, 11) is 0. The average molecular weight is 437 g/mol. The third-order valence-corrected chi connectivity index (χ3v) is 6.03. The van der Waals surface area contributed by atoms with E-state index < -0.39 is 0 Å². The Kier molecular flexibility index (Phi) is 5.19. The third kappa shape index (κ3) is 3.93. The van der Waals surface area contributed by atoms with Crippen LogP contribution < -0.4 is 5.56 Å². The van der Waals surface area contributed by atoms with Crippen molar-refractivity contribution in [3.05, 3.63) is 86.7 Å². The molecule has 1 amide bonds. The molecular formula is C23H21ClN4O3. The molecule has 0 spiro atoms. The molecule has 0 fully saturated rings. The van der Waals surface area contributed by atoms with Gasteiger partial charge < -0.3 is 4.42 Å². The lowest BCUT2D eigenvalue weighted by molar-refractivity contribution is -0.134. The van der Waals surface area contributed by atoms with E-state index in [1.165, 1.54) is 9.69 Å². The summed E-state index contributed by atoms with van der Waals surface area (Å²) < 4.78 is 6.83. The van der Waals surface area contributed by atoms with Gasteiger partial charge >= 0.3 is 0 Å². The molecule has 0 bridgehead atoms. The van der Waals surface area contributed by atoms with Gasteiger partial charge in [-0.2, -0.15) is 10.2 Å². The van der Waals surface area contributed by atoms with E-state index in [0.717, 1.165) is 48.2 Å². The van der Waals surface area contributed by atoms with Gasteiger partial charge in [0.05, 0.1) is 17.7 Å². The van der Waals surface area contributed by atoms with Crippen LogP contribution in [0.5, 0.6) is 0 Å². The first-order valence-electron chi connectivity index (χ1n) is 10.4. The van der Waals surface area contributed by atoms with Crippen LogP contribution in [0.25, 0.3) is 0 Å². The summed E-state index contributed by atoms with van der Waals surface area (Å²) in [6, 6.07) is 12.2. The Hall–Kier alpha value is -3.19. The molecule has 31 heavy (non-hydrogen) atoms. The number of aryl methyl sites for hydroxylation is 2. The quantitative estimate of drug-likeness (QED) is 0.623. The zero-order valence-electron chi connectivity index (χ0n) is 16.8. The van der Waals surface area contributed by atoms with Gasteiger partial charge in [0, 0.05) is 17.5 Å². The van der Waals surface area contributed by atoms with Crippen LogP contribution in [0, 0.1) is 0 Å². The molecule has 0 saturated carbocycles. The summed E-state index contributed by atoms with van der Waals surface area (Å²) in [5.41, 5.74) is 3.30. The number of hydrazone groups is 1. The number of halogens is 1. The monoisotopic (exact) mass is 436 g/mol. The van der Waals surface area contributed by atoms with Crippen molar-refractivity contribution in [2.45, 2.75) is 44.7 Å². The number of carbonyl (C=O) groups excluding carboxylic acids is 1. The van der Waals surface area contributed by atoms with E-state index in [4.69, 9.17) is 16.0 Å². The molecular weight excluding hydrogens is 416 g/mol. The molecule has 1 aliphatic heterocycles. The van der Waals surface area contributed by atoms with E-state index in [1.54, 1.807) is 30.5 Å². The molecule has 7 nitrogen and oxygen atoms in total. The van der Waals surface area contributed by atoms with E-state index in [-0.39, 0.29) is 24.1 Å². The zero-order chi connectivity index (χ0) is 21.4. The van der Waals surface area contributed by atoms with Crippen LogP contribution >= 0.6 is 11.6 Å². The minimum atomic E-state index is -0.374. The SMILES string of the molecule is O=C(Cn1nc2c(cc1=O)CCCC2)N1N=C(c2ccc(Cl)cc2)CC1c1ccco1. The van der Waals surface area contributed by atoms with Crippen molar-refractivity contribution in [3.8, 4) is 0 Å². The number of hydrogen-bond donors (Lipinski definition) is 0. The second kappa shape index (κ2) is 8.15. The number of benzene rings is 1. The molecule has 5 rings (SSSR count). The van der Waals surface area contributed by atoms with Gasteiger partial charge in [0.25, 0.3) is 11.5 Å². The first-order chi connectivity index (χ1) is 15.1. The Morgan fingerprint density at radius 2 is 1.97 bits per heavy atom. The maximum Gasteiger partial charge on any atom is 0.267 e. The van der Waals surface area contributed by atoms with Crippen LogP contribution in [0.3, 0.4) is 0 Å². The van der Waals surface area contributed by atoms with Crippen LogP contribution in [0.1, 0.15) is 47.9 Å². The van der Waals surface area contributed by atoms with Crippen molar-refractivity contribution < 1.29 is 9.21 Å². The lowest BCUT2D eigenvalue weighted by atomic mass is 9.97. The molecule has 1 atom stereocenters. The highest BCUT2D eigenvalue weighted by atomic mass is 35.5. The van der Waals surface area contributed by atoms with E-state index in [0.29, 0.717) is 17.2 Å². The fourth-order valence-corrected chi connectivity index (χ4v) is 4.30. The van der Waals surface area contributed by atoms with Gasteiger partial charge in [-0.15, -0.1) is 0 Å². The Bertz CT molecular complexity index is 1200. The molecule has 0 saturated heterocycles. The van der Waals surface area contributed by atoms with Crippen LogP contribution in [0.15, 0.2) is 63.0 Å². The van der Waals surface area contributed by atoms with Gasteiger partial charge in [-0.05, 0) is 61.1 Å². The summed E-state index contributed by atoms with van der Waals surface area (Å²) in [5.74, 6) is 0.336. The van der Waals surface area contributed by atoms with Gasteiger partial charge in [-0.3, -0.25) is 9.59 Å². The first kappa shape index (κ1) is 19.8. The van der Waals surface area contributed by atoms with E-state index in [1.807, 2.05) is 18.2 Å². The molecule has 1 unspecified atom stereocenters. The third-order valence-electron chi connectivity index (χ3n) is 5.77. The maximum atomic E-state index is 13.2. The molecule has 2 aromatic heterocycles. The summed E-state index contributed by atoms with van der Waals surface area (Å²) in [4.78, 5) is 25.8. The number of carbonyl (C=O) groups is 1. The van der Waals surface area contributed by atoms with E-state index in [9.17, 15) is 9.59 Å². The van der Waals surface area contributed by atoms with Gasteiger partial charge in [0.2, 0.25) is 0 Å². The molecule has 3 heterocycles. The predicted molar refractivity (Wildman–Crippen MR) is 116 cm³/mol. The van der Waals surface area contributed by atoms with Crippen molar-refractivity contribution in [1.82, 2.24) is 14.8 Å². The van der Waals surface area contributed by atoms with Crippen LogP contribution in [-0.4, -0.2) is 26.4 Å². The Labute approximate surface area is 183 Å². The van der Waals surface area contributed by atoms with Crippen molar-refractivity contribution in [3.63, 3.8) is 0 Å². The van der Waals surface area contributed by atoms with Crippen LogP contribution in [0.2, 0.25) is 5.02 Å². The lowest BCUT2D eigenvalue weighted by Gasteiger charge is -2.21. The van der Waals surface area contributed by atoms with Gasteiger partial charge in [-0.25, -0.2) is 9.69 Å². The average Bonchev–Trinajstić information content (AvgIpc) is 3.45. The highest BCUT2D eigenvalue weighted by Gasteiger charge is 2.35. The van der Waals surface area contributed by atoms with Gasteiger partial charge in [0.1, 0.15) is 18.3 Å². The number of fused-ring (bicyclic) bond motifs is 1. The zero-order valence-corrected chi connectivity index (χ0v) is 17.6. The molecule has 1 aliphatic carbocycles.